The van der Waals surface area contributed by atoms with Crippen LogP contribution in [0.4, 0.5) is 5.13 Å². The molecule has 0 aliphatic carbocycles. The Morgan fingerprint density at radius 3 is 2.33 bits per heavy atom. The molecule has 1 amide bonds. The second kappa shape index (κ2) is 10.8. The summed E-state index contributed by atoms with van der Waals surface area (Å²) in [5, 5.41) is 21.9. The normalized spacial score (nSPS) is 16.4. The van der Waals surface area contributed by atoms with Crippen molar-refractivity contribution in [2.24, 2.45) is 0 Å². The first kappa shape index (κ1) is 27.2. The van der Waals surface area contributed by atoms with Gasteiger partial charge in [-0.1, -0.05) is 53.8 Å². The zero-order chi connectivity index (χ0) is 29.5. The molecule has 1 atom stereocenters. The number of benzene rings is 4. The van der Waals surface area contributed by atoms with Crippen LogP contribution in [0.15, 0.2) is 90.5 Å². The van der Waals surface area contributed by atoms with Gasteiger partial charge in [0.05, 0.1) is 21.8 Å². The minimum atomic E-state index is -0.942. The molecule has 1 aromatic heterocycles. The van der Waals surface area contributed by atoms with Crippen LogP contribution in [0.25, 0.3) is 16.0 Å². The Hall–Kier alpha value is -4.95. The molecular weight excluding hydrogens is 548 g/mol. The molecule has 0 bridgehead atoms. The smallest absolute Gasteiger partial charge is 0.301 e. The van der Waals surface area contributed by atoms with Crippen molar-refractivity contribution in [2.75, 3.05) is 4.90 Å². The van der Waals surface area contributed by atoms with Crippen LogP contribution in [0.1, 0.15) is 39.4 Å². The van der Waals surface area contributed by atoms with Crippen LogP contribution in [0.2, 0.25) is 0 Å². The van der Waals surface area contributed by atoms with Crippen molar-refractivity contribution in [2.45, 2.75) is 33.4 Å². The second-order valence-electron chi connectivity index (χ2n) is 10.4. The number of carbonyl (C=O) groups excluding carboxylic acids is 2. The summed E-state index contributed by atoms with van der Waals surface area (Å²) in [6, 6.07) is 24.2. The largest absolute Gasteiger partial charge is 0.508 e. The average molecular weight is 577 g/mol. The number of rotatable bonds is 6. The van der Waals surface area contributed by atoms with E-state index < -0.39 is 17.7 Å². The van der Waals surface area contributed by atoms with E-state index in [1.165, 1.54) is 28.4 Å². The molecule has 0 saturated carbocycles. The van der Waals surface area contributed by atoms with Crippen molar-refractivity contribution in [3.8, 4) is 11.5 Å². The molecule has 5 aromatic rings. The Morgan fingerprint density at radius 2 is 1.62 bits per heavy atom. The number of aliphatic hydroxyl groups excluding tert-OH is 1. The molecule has 1 aliphatic heterocycles. The summed E-state index contributed by atoms with van der Waals surface area (Å²) in [6.07, 6.45) is 0. The summed E-state index contributed by atoms with van der Waals surface area (Å²) in [6.45, 7) is 6.26. The number of phenolic OH excluding ortho intramolecular Hbond substituents is 1. The lowest BCUT2D eigenvalue weighted by Gasteiger charge is -2.23. The number of aromatic nitrogens is 1. The fourth-order valence-corrected chi connectivity index (χ4v) is 6.19. The van der Waals surface area contributed by atoms with Gasteiger partial charge in [0.1, 0.15) is 23.9 Å². The number of nitrogens with zero attached hydrogens (tertiary/aromatic N) is 2. The van der Waals surface area contributed by atoms with Crippen LogP contribution in [0.5, 0.6) is 11.5 Å². The molecule has 0 spiro atoms. The van der Waals surface area contributed by atoms with Gasteiger partial charge in [0.2, 0.25) is 0 Å². The number of ketones is 1. The highest BCUT2D eigenvalue weighted by molar-refractivity contribution is 7.22. The minimum absolute atomic E-state index is 0.0448. The van der Waals surface area contributed by atoms with Crippen molar-refractivity contribution in [3.63, 3.8) is 0 Å². The number of hydrogen-bond acceptors (Lipinski definition) is 7. The highest BCUT2D eigenvalue weighted by Gasteiger charge is 2.48. The van der Waals surface area contributed by atoms with E-state index in [0.29, 0.717) is 28.6 Å². The Bertz CT molecular complexity index is 1840. The van der Waals surface area contributed by atoms with Crippen LogP contribution in [0.3, 0.4) is 0 Å². The van der Waals surface area contributed by atoms with Gasteiger partial charge in [-0.2, -0.15) is 0 Å². The van der Waals surface area contributed by atoms with Crippen molar-refractivity contribution in [1.82, 2.24) is 4.98 Å². The summed E-state index contributed by atoms with van der Waals surface area (Å²) < 4.78 is 6.88. The molecule has 1 unspecified atom stereocenters. The molecule has 210 valence electrons. The number of hydrogen-bond donors (Lipinski definition) is 2. The van der Waals surface area contributed by atoms with Gasteiger partial charge in [-0.15, -0.1) is 0 Å². The number of aryl methyl sites for hydroxylation is 3. The third-order valence-electron chi connectivity index (χ3n) is 7.54. The van der Waals surface area contributed by atoms with Gasteiger partial charge in [0.25, 0.3) is 5.78 Å². The molecular formula is C34H28N2O5S. The third kappa shape index (κ3) is 4.90. The summed E-state index contributed by atoms with van der Waals surface area (Å²) in [4.78, 5) is 33.2. The quantitative estimate of drug-likeness (QED) is 0.127. The lowest BCUT2D eigenvalue weighted by Crippen LogP contribution is -2.29. The van der Waals surface area contributed by atoms with Gasteiger partial charge >= 0.3 is 5.91 Å². The predicted octanol–water partition coefficient (Wildman–Crippen LogP) is 7.13. The topological polar surface area (TPSA) is 100.0 Å². The first-order valence-electron chi connectivity index (χ1n) is 13.5. The number of aromatic hydroxyl groups is 1. The van der Waals surface area contributed by atoms with Gasteiger partial charge < -0.3 is 14.9 Å². The van der Waals surface area contributed by atoms with Crippen molar-refractivity contribution in [1.29, 1.82) is 0 Å². The van der Waals surface area contributed by atoms with Gasteiger partial charge in [0, 0.05) is 5.56 Å². The SMILES string of the molecule is Cc1cc2nc(N3C(=O)C(=O)/C(=C(/O)c4ccc(OCc5ccccc5)c(C)c4)C3c3ccc(O)cc3)sc2cc1C. The average Bonchev–Trinajstić information content (AvgIpc) is 3.50. The molecule has 1 aliphatic rings. The van der Waals surface area contributed by atoms with E-state index >= 15 is 0 Å². The van der Waals surface area contributed by atoms with Crippen LogP contribution in [-0.2, 0) is 16.2 Å². The third-order valence-corrected chi connectivity index (χ3v) is 8.55. The molecule has 0 radical (unpaired) electrons. The molecule has 1 saturated heterocycles. The summed E-state index contributed by atoms with van der Waals surface area (Å²) >= 11 is 1.31. The van der Waals surface area contributed by atoms with Crippen molar-refractivity contribution in [3.05, 3.63) is 124 Å². The van der Waals surface area contributed by atoms with E-state index in [0.717, 1.165) is 32.5 Å². The summed E-state index contributed by atoms with van der Waals surface area (Å²) in [5.41, 5.74) is 5.59. The number of amides is 1. The fourth-order valence-electron chi connectivity index (χ4n) is 5.12. The Morgan fingerprint density at radius 1 is 0.905 bits per heavy atom. The highest BCUT2D eigenvalue weighted by Crippen LogP contribution is 2.45. The molecule has 42 heavy (non-hydrogen) atoms. The van der Waals surface area contributed by atoms with Gasteiger partial charge in [0.15, 0.2) is 5.13 Å². The van der Waals surface area contributed by atoms with Gasteiger partial charge in [-0.3, -0.25) is 14.5 Å². The predicted molar refractivity (Wildman–Crippen MR) is 164 cm³/mol. The molecule has 8 heteroatoms. The zero-order valence-corrected chi connectivity index (χ0v) is 24.1. The standard InChI is InChI=1S/C34H28N2O5S/c1-19-16-26-28(17-20(19)2)42-34(35-26)36-30(23-9-12-25(37)13-10-23)29(32(39)33(36)40)31(38)24-11-14-27(21(3)15-24)41-18-22-7-5-4-6-8-22/h4-17,30,37-38H,18H2,1-3H3/b31-29+. The van der Waals surface area contributed by atoms with Crippen LogP contribution in [0, 0.1) is 20.8 Å². The number of phenols is 1. The second-order valence-corrected chi connectivity index (χ2v) is 11.4. The van der Waals surface area contributed by atoms with Crippen LogP contribution < -0.4 is 9.64 Å². The maximum Gasteiger partial charge on any atom is 0.301 e. The number of aliphatic hydroxyl groups is 1. The number of thiazole rings is 1. The van der Waals surface area contributed by atoms with Crippen LogP contribution in [-0.4, -0.2) is 26.9 Å². The lowest BCUT2D eigenvalue weighted by molar-refractivity contribution is -0.132. The van der Waals surface area contributed by atoms with E-state index in [2.05, 4.69) is 0 Å². The molecule has 6 rings (SSSR count). The van der Waals surface area contributed by atoms with E-state index in [1.807, 2.05) is 63.2 Å². The summed E-state index contributed by atoms with van der Waals surface area (Å²) in [7, 11) is 0. The van der Waals surface area contributed by atoms with Gasteiger partial charge in [-0.05, 0) is 91.1 Å². The molecule has 7 nitrogen and oxygen atoms in total. The van der Waals surface area contributed by atoms with Crippen LogP contribution >= 0.6 is 11.3 Å². The maximum atomic E-state index is 13.6. The minimum Gasteiger partial charge on any atom is -0.508 e. The first-order chi connectivity index (χ1) is 20.2. The first-order valence-corrected chi connectivity index (χ1v) is 14.3. The number of ether oxygens (including phenoxy) is 1. The highest BCUT2D eigenvalue weighted by atomic mass is 32.1. The Balaban J connectivity index is 1.43. The van der Waals surface area contributed by atoms with Crippen molar-refractivity contribution < 1.29 is 24.5 Å². The number of fused-ring (bicyclic) bond motifs is 1. The van der Waals surface area contributed by atoms with E-state index in [9.17, 15) is 19.8 Å². The Kier molecular flexibility index (Phi) is 7.00. The maximum absolute atomic E-state index is 13.6. The number of anilines is 1. The van der Waals surface area contributed by atoms with Crippen molar-refractivity contribution >= 4 is 44.1 Å². The molecule has 2 N–H and O–H groups in total. The number of carbonyl (C=O) groups is 2. The zero-order valence-electron chi connectivity index (χ0n) is 23.3. The van der Waals surface area contributed by atoms with E-state index in [-0.39, 0.29) is 17.1 Å². The van der Waals surface area contributed by atoms with E-state index in [1.54, 1.807) is 30.3 Å². The van der Waals surface area contributed by atoms with E-state index in [4.69, 9.17) is 9.72 Å². The molecule has 2 heterocycles. The summed E-state index contributed by atoms with van der Waals surface area (Å²) in [5.74, 6) is -1.19. The number of Topliss-reactive ketones (excluding diaryl/α,β-unsaturated/α-hetero) is 1. The fraction of sp³-hybridized carbons (Fsp3) is 0.147. The monoisotopic (exact) mass is 576 g/mol. The van der Waals surface area contributed by atoms with Gasteiger partial charge in [-0.25, -0.2) is 4.98 Å². The molecule has 4 aromatic carbocycles. The molecule has 1 fully saturated rings. The lowest BCUT2D eigenvalue weighted by atomic mass is 9.95. The Labute approximate surface area is 247 Å².